The molecule has 0 spiro atoms. The van der Waals surface area contributed by atoms with Crippen molar-refractivity contribution < 1.29 is 9.53 Å². The number of hydrogen-bond donors (Lipinski definition) is 4. The summed E-state index contributed by atoms with van der Waals surface area (Å²) >= 11 is 0. The summed E-state index contributed by atoms with van der Waals surface area (Å²) in [5.41, 5.74) is 3.41. The monoisotopic (exact) mass is 448 g/mol. The number of anilines is 1. The van der Waals surface area contributed by atoms with E-state index in [4.69, 9.17) is 4.74 Å². The molecular weight excluding hydrogens is 416 g/mol. The van der Waals surface area contributed by atoms with Gasteiger partial charge < -0.3 is 20.4 Å². The largest absolute Gasteiger partial charge is 0.444 e. The van der Waals surface area contributed by atoms with Crippen LogP contribution in [0.1, 0.15) is 32.2 Å². The maximum Gasteiger partial charge on any atom is 0.412 e. The van der Waals surface area contributed by atoms with E-state index in [0.717, 1.165) is 29.1 Å². The van der Waals surface area contributed by atoms with Gasteiger partial charge in [-0.2, -0.15) is 0 Å². The van der Waals surface area contributed by atoms with Gasteiger partial charge in [-0.25, -0.2) is 9.78 Å². The lowest BCUT2D eigenvalue weighted by atomic mass is 10.1. The van der Waals surface area contributed by atoms with Crippen LogP contribution in [-0.2, 0) is 17.7 Å². The van der Waals surface area contributed by atoms with Crippen molar-refractivity contribution in [3.8, 4) is 11.3 Å². The second-order valence-corrected chi connectivity index (χ2v) is 8.54. The summed E-state index contributed by atoms with van der Waals surface area (Å²) < 4.78 is 5.27. The molecule has 0 atom stereocenters. The molecule has 33 heavy (non-hydrogen) atoms. The number of aromatic amines is 1. The summed E-state index contributed by atoms with van der Waals surface area (Å²) in [6.45, 7) is 6.76. The molecule has 4 N–H and O–H groups in total. The van der Waals surface area contributed by atoms with Crippen LogP contribution in [0.25, 0.3) is 11.3 Å². The van der Waals surface area contributed by atoms with Crippen LogP contribution >= 0.6 is 0 Å². The van der Waals surface area contributed by atoms with Crippen LogP contribution in [0.2, 0.25) is 0 Å². The fraction of sp³-hybridized carbons (Fsp3) is 0.320. The number of aromatic nitrogens is 2. The van der Waals surface area contributed by atoms with Crippen LogP contribution in [-0.4, -0.2) is 41.2 Å². The molecule has 3 rings (SSSR count). The van der Waals surface area contributed by atoms with Crippen LogP contribution in [0, 0.1) is 0 Å². The van der Waals surface area contributed by atoms with Crippen molar-refractivity contribution in [2.45, 2.75) is 39.3 Å². The Morgan fingerprint density at radius 3 is 2.45 bits per heavy atom. The molecule has 0 aliphatic rings. The van der Waals surface area contributed by atoms with Gasteiger partial charge in [0.1, 0.15) is 11.4 Å². The topological polar surface area (TPSA) is 103 Å². The lowest BCUT2D eigenvalue weighted by Gasteiger charge is -2.19. The second kappa shape index (κ2) is 11.2. The van der Waals surface area contributed by atoms with Crippen molar-refractivity contribution in [3.63, 3.8) is 0 Å². The SMILES string of the molecule is CN=C(NCCc1ccc(NC(=O)OC(C)(C)C)cc1)NCc1ncc(-c2ccccc2)[nH]1. The molecule has 3 aromatic rings. The van der Waals surface area contributed by atoms with Gasteiger partial charge in [0.05, 0.1) is 18.4 Å². The standard InChI is InChI=1S/C25H32N6O2/c1-25(2,3)33-24(32)30-20-12-10-18(11-13-20)14-15-27-23(26-4)29-17-22-28-16-21(31-22)19-8-6-5-7-9-19/h5-13,16H,14-15,17H2,1-4H3,(H,28,31)(H,30,32)(H2,26,27,29). The molecule has 8 heteroatoms. The highest BCUT2D eigenvalue weighted by Gasteiger charge is 2.16. The van der Waals surface area contributed by atoms with Crippen molar-refractivity contribution in [1.82, 2.24) is 20.6 Å². The highest BCUT2D eigenvalue weighted by atomic mass is 16.6. The maximum atomic E-state index is 11.9. The van der Waals surface area contributed by atoms with Crippen molar-refractivity contribution in [2.75, 3.05) is 18.9 Å². The lowest BCUT2D eigenvalue weighted by Crippen LogP contribution is -2.38. The smallest absolute Gasteiger partial charge is 0.412 e. The highest BCUT2D eigenvalue weighted by molar-refractivity contribution is 5.84. The summed E-state index contributed by atoms with van der Waals surface area (Å²) in [5.74, 6) is 1.54. The number of imidazole rings is 1. The van der Waals surface area contributed by atoms with Gasteiger partial charge in [0.2, 0.25) is 0 Å². The van der Waals surface area contributed by atoms with Crippen LogP contribution in [0.4, 0.5) is 10.5 Å². The van der Waals surface area contributed by atoms with E-state index < -0.39 is 11.7 Å². The predicted octanol–water partition coefficient (Wildman–Crippen LogP) is 4.33. The Morgan fingerprint density at radius 2 is 1.79 bits per heavy atom. The van der Waals surface area contributed by atoms with Gasteiger partial charge in [-0.3, -0.25) is 10.3 Å². The van der Waals surface area contributed by atoms with Gasteiger partial charge in [0.15, 0.2) is 5.96 Å². The number of nitrogens with one attached hydrogen (secondary N) is 4. The van der Waals surface area contributed by atoms with Crippen LogP contribution in [0.3, 0.4) is 0 Å². The minimum Gasteiger partial charge on any atom is -0.444 e. The molecule has 8 nitrogen and oxygen atoms in total. The van der Waals surface area contributed by atoms with E-state index in [2.05, 4.69) is 30.9 Å². The molecule has 174 valence electrons. The molecule has 0 fully saturated rings. The molecule has 0 radical (unpaired) electrons. The summed E-state index contributed by atoms with van der Waals surface area (Å²) in [4.78, 5) is 23.9. The van der Waals surface area contributed by atoms with Gasteiger partial charge in [0.25, 0.3) is 0 Å². The molecule has 1 aromatic heterocycles. The Morgan fingerprint density at radius 1 is 1.06 bits per heavy atom. The molecule has 0 bridgehead atoms. The number of rotatable bonds is 7. The van der Waals surface area contributed by atoms with Gasteiger partial charge in [-0.1, -0.05) is 42.5 Å². The third-order valence-electron chi connectivity index (χ3n) is 4.67. The molecular formula is C25H32N6O2. The van der Waals surface area contributed by atoms with Crippen LogP contribution in [0.5, 0.6) is 0 Å². The van der Waals surface area contributed by atoms with Crippen molar-refractivity contribution >= 4 is 17.7 Å². The number of hydrogen-bond acceptors (Lipinski definition) is 4. The maximum absolute atomic E-state index is 11.9. The first kappa shape index (κ1) is 23.8. The van der Waals surface area contributed by atoms with Crippen molar-refractivity contribution in [3.05, 3.63) is 72.2 Å². The Bertz CT molecular complexity index is 1050. The summed E-state index contributed by atoms with van der Waals surface area (Å²) in [5, 5.41) is 9.32. The zero-order valence-electron chi connectivity index (χ0n) is 19.6. The predicted molar refractivity (Wildman–Crippen MR) is 132 cm³/mol. The fourth-order valence-corrected chi connectivity index (χ4v) is 3.11. The number of ether oxygens (including phenoxy) is 1. The Labute approximate surface area is 194 Å². The van der Waals surface area contributed by atoms with Crippen molar-refractivity contribution in [1.29, 1.82) is 0 Å². The average Bonchev–Trinajstić information content (AvgIpc) is 3.25. The lowest BCUT2D eigenvalue weighted by molar-refractivity contribution is 0.0636. The number of carbonyl (C=O) groups excluding carboxylic acids is 1. The molecule has 0 unspecified atom stereocenters. The van der Waals surface area contributed by atoms with E-state index in [1.165, 1.54) is 0 Å². The first-order valence-corrected chi connectivity index (χ1v) is 10.9. The van der Waals surface area contributed by atoms with Gasteiger partial charge >= 0.3 is 6.09 Å². The van der Waals surface area contributed by atoms with Crippen molar-refractivity contribution in [2.24, 2.45) is 4.99 Å². The summed E-state index contributed by atoms with van der Waals surface area (Å²) in [7, 11) is 1.74. The zero-order chi connectivity index (χ0) is 23.7. The van der Waals surface area contributed by atoms with E-state index >= 15 is 0 Å². The first-order chi connectivity index (χ1) is 15.8. The minimum atomic E-state index is -0.524. The minimum absolute atomic E-state index is 0.459. The van der Waals surface area contributed by atoms with E-state index in [1.807, 2.05) is 81.6 Å². The Hall–Kier alpha value is -3.81. The van der Waals surface area contributed by atoms with Gasteiger partial charge in [-0.05, 0) is 50.5 Å². The first-order valence-electron chi connectivity index (χ1n) is 10.9. The number of H-pyrrole nitrogens is 1. The highest BCUT2D eigenvalue weighted by Crippen LogP contribution is 2.16. The molecule has 0 saturated carbocycles. The number of carbonyl (C=O) groups is 1. The molecule has 2 aromatic carbocycles. The number of aliphatic imine (C=N–C) groups is 1. The number of nitrogens with zero attached hydrogens (tertiary/aromatic N) is 2. The van der Waals surface area contributed by atoms with Crippen LogP contribution in [0.15, 0.2) is 65.8 Å². The number of amides is 1. The number of guanidine groups is 1. The molecule has 0 aliphatic heterocycles. The van der Waals surface area contributed by atoms with E-state index in [1.54, 1.807) is 7.05 Å². The third-order valence-corrected chi connectivity index (χ3v) is 4.67. The van der Waals surface area contributed by atoms with Gasteiger partial charge in [-0.15, -0.1) is 0 Å². The second-order valence-electron chi connectivity index (χ2n) is 8.54. The molecule has 1 heterocycles. The fourth-order valence-electron chi connectivity index (χ4n) is 3.11. The van der Waals surface area contributed by atoms with Crippen LogP contribution < -0.4 is 16.0 Å². The summed E-state index contributed by atoms with van der Waals surface area (Å²) in [6, 6.07) is 17.8. The quantitative estimate of drug-likeness (QED) is 0.318. The average molecular weight is 449 g/mol. The zero-order valence-corrected chi connectivity index (χ0v) is 19.6. The molecule has 1 amide bonds. The Balaban J connectivity index is 1.41. The van der Waals surface area contributed by atoms with E-state index in [-0.39, 0.29) is 0 Å². The molecule has 0 aliphatic carbocycles. The normalized spacial score (nSPS) is 11.7. The van der Waals surface area contributed by atoms with E-state index in [0.29, 0.717) is 24.7 Å². The Kier molecular flexibility index (Phi) is 8.07. The third kappa shape index (κ3) is 7.99. The molecule has 0 saturated heterocycles. The van der Waals surface area contributed by atoms with Gasteiger partial charge in [0, 0.05) is 19.3 Å². The summed E-state index contributed by atoms with van der Waals surface area (Å²) in [6.07, 6.45) is 2.19. The van der Waals surface area contributed by atoms with E-state index in [9.17, 15) is 4.79 Å². The number of benzene rings is 2.